The molecule has 0 aliphatic rings. The second kappa shape index (κ2) is 6.06. The Morgan fingerprint density at radius 3 is 2.83 bits per heavy atom. The van der Waals surface area contributed by atoms with Crippen LogP contribution < -0.4 is 15.4 Å². The highest BCUT2D eigenvalue weighted by Crippen LogP contribution is 2.16. The number of H-pyrrole nitrogens is 1. The number of fused-ring (bicyclic) bond motifs is 1. The Bertz CT molecular complexity index is 1040. The van der Waals surface area contributed by atoms with Gasteiger partial charge in [0.1, 0.15) is 11.6 Å². The molecule has 0 saturated carbocycles. The van der Waals surface area contributed by atoms with Crippen molar-refractivity contribution in [1.82, 2.24) is 19.7 Å². The molecule has 2 aromatic heterocycles. The van der Waals surface area contributed by atoms with Gasteiger partial charge in [-0.3, -0.25) is 4.98 Å². The van der Waals surface area contributed by atoms with Gasteiger partial charge >= 0.3 is 5.76 Å². The third-order valence-corrected chi connectivity index (χ3v) is 4.67. The molecule has 10 heteroatoms. The average Bonchev–Trinajstić information content (AvgIpc) is 2.92. The second-order valence-electron chi connectivity index (χ2n) is 5.22. The number of anilines is 1. The smallest absolute Gasteiger partial charge is 0.408 e. The first-order valence-corrected chi connectivity index (χ1v) is 8.45. The van der Waals surface area contributed by atoms with E-state index < -0.39 is 15.8 Å². The fourth-order valence-corrected chi connectivity index (χ4v) is 3.07. The van der Waals surface area contributed by atoms with E-state index in [0.29, 0.717) is 22.7 Å². The summed E-state index contributed by atoms with van der Waals surface area (Å²) in [6.07, 6.45) is 1.56. The lowest BCUT2D eigenvalue weighted by atomic mass is 10.3. The van der Waals surface area contributed by atoms with Crippen LogP contribution in [0.2, 0.25) is 0 Å². The van der Waals surface area contributed by atoms with Crippen molar-refractivity contribution in [2.24, 2.45) is 0 Å². The summed E-state index contributed by atoms with van der Waals surface area (Å²) in [5.41, 5.74) is 0.606. The minimum Gasteiger partial charge on any atom is -0.408 e. The molecule has 0 bridgehead atoms. The van der Waals surface area contributed by atoms with Gasteiger partial charge in [-0.15, -0.1) is 0 Å². The molecule has 24 heavy (non-hydrogen) atoms. The third kappa shape index (κ3) is 3.29. The number of hydrogen-bond acceptors (Lipinski definition) is 7. The number of nitrogens with one attached hydrogen (secondary N) is 2. The minimum absolute atomic E-state index is 0.0100. The van der Waals surface area contributed by atoms with Gasteiger partial charge in [-0.05, 0) is 24.3 Å². The van der Waals surface area contributed by atoms with Crippen molar-refractivity contribution >= 4 is 26.9 Å². The predicted octanol–water partition coefficient (Wildman–Crippen LogP) is 0.456. The van der Waals surface area contributed by atoms with Gasteiger partial charge in [0, 0.05) is 20.3 Å². The number of rotatable bonds is 5. The summed E-state index contributed by atoms with van der Waals surface area (Å²) in [5, 5.41) is 0. The van der Waals surface area contributed by atoms with Crippen LogP contribution in [0.4, 0.5) is 5.82 Å². The molecule has 3 rings (SSSR count). The average molecular weight is 349 g/mol. The standard InChI is InChI=1S/C14H15N5O4S/c1-19(2)13-5-6-15-12(18-13)8-16-24(21,22)9-3-4-11-10(7-9)17-14(20)23-11/h3-7,16H,8H2,1-2H3,(H,17,20). The van der Waals surface area contributed by atoms with Gasteiger partial charge in [0.2, 0.25) is 10.0 Å². The zero-order valence-electron chi connectivity index (χ0n) is 13.0. The van der Waals surface area contributed by atoms with E-state index >= 15 is 0 Å². The quantitative estimate of drug-likeness (QED) is 0.686. The maximum Gasteiger partial charge on any atom is 0.417 e. The zero-order chi connectivity index (χ0) is 17.3. The van der Waals surface area contributed by atoms with Crippen molar-refractivity contribution in [2.45, 2.75) is 11.4 Å². The highest BCUT2D eigenvalue weighted by molar-refractivity contribution is 7.89. The molecule has 2 heterocycles. The molecule has 0 saturated heterocycles. The maximum atomic E-state index is 12.4. The number of aromatic amines is 1. The molecular formula is C14H15N5O4S. The van der Waals surface area contributed by atoms with Crippen LogP contribution in [0.15, 0.2) is 44.6 Å². The lowest BCUT2D eigenvalue weighted by Gasteiger charge is -2.12. The number of nitrogens with zero attached hydrogens (tertiary/aromatic N) is 3. The van der Waals surface area contributed by atoms with Gasteiger partial charge in [0.15, 0.2) is 5.58 Å². The SMILES string of the molecule is CN(C)c1ccnc(CNS(=O)(=O)c2ccc3oc(=O)[nH]c3c2)n1. The first-order valence-electron chi connectivity index (χ1n) is 6.97. The summed E-state index contributed by atoms with van der Waals surface area (Å²) >= 11 is 0. The van der Waals surface area contributed by atoms with Crippen LogP contribution in [-0.4, -0.2) is 37.5 Å². The molecule has 2 N–H and O–H groups in total. The summed E-state index contributed by atoms with van der Waals surface area (Å²) in [4.78, 5) is 23.7. The van der Waals surface area contributed by atoms with Gasteiger partial charge in [0.05, 0.1) is 17.0 Å². The zero-order valence-corrected chi connectivity index (χ0v) is 13.8. The van der Waals surface area contributed by atoms with Gasteiger partial charge in [-0.2, -0.15) is 0 Å². The molecule has 0 radical (unpaired) electrons. The van der Waals surface area contributed by atoms with Crippen molar-refractivity contribution < 1.29 is 12.8 Å². The van der Waals surface area contributed by atoms with Crippen LogP contribution in [0.5, 0.6) is 0 Å². The number of benzene rings is 1. The summed E-state index contributed by atoms with van der Waals surface area (Å²) in [6.45, 7) is -0.0516. The maximum absolute atomic E-state index is 12.4. The predicted molar refractivity (Wildman–Crippen MR) is 87.2 cm³/mol. The van der Waals surface area contributed by atoms with Crippen LogP contribution in [0.25, 0.3) is 11.1 Å². The third-order valence-electron chi connectivity index (χ3n) is 3.27. The summed E-state index contributed by atoms with van der Waals surface area (Å²) in [7, 11) is -0.120. The van der Waals surface area contributed by atoms with Crippen LogP contribution in [0, 0.1) is 0 Å². The Morgan fingerprint density at radius 1 is 1.29 bits per heavy atom. The molecular weight excluding hydrogens is 334 g/mol. The second-order valence-corrected chi connectivity index (χ2v) is 6.99. The molecule has 1 aromatic carbocycles. The lowest BCUT2D eigenvalue weighted by Crippen LogP contribution is -2.24. The van der Waals surface area contributed by atoms with E-state index in [1.807, 2.05) is 14.1 Å². The molecule has 0 aliphatic heterocycles. The molecule has 0 fully saturated rings. The summed E-state index contributed by atoms with van der Waals surface area (Å²) in [5.74, 6) is 0.389. The van der Waals surface area contributed by atoms with Crippen LogP contribution in [-0.2, 0) is 16.6 Å². The van der Waals surface area contributed by atoms with Crippen molar-refractivity contribution in [3.8, 4) is 0 Å². The molecule has 126 valence electrons. The van der Waals surface area contributed by atoms with E-state index in [2.05, 4.69) is 19.7 Å². The molecule has 0 amide bonds. The first-order chi connectivity index (χ1) is 11.3. The Balaban J connectivity index is 1.82. The molecule has 0 aliphatic carbocycles. The first kappa shape index (κ1) is 16.1. The Kier molecular flexibility index (Phi) is 4.08. The van der Waals surface area contributed by atoms with Crippen LogP contribution in [0.1, 0.15) is 5.82 Å². The Morgan fingerprint density at radius 2 is 2.08 bits per heavy atom. The van der Waals surface area contributed by atoms with E-state index in [4.69, 9.17) is 4.42 Å². The van der Waals surface area contributed by atoms with E-state index in [1.54, 1.807) is 17.2 Å². The normalized spacial score (nSPS) is 11.8. The topological polar surface area (TPSA) is 121 Å². The fourth-order valence-electron chi connectivity index (χ4n) is 2.06. The number of hydrogen-bond donors (Lipinski definition) is 2. The molecule has 0 spiro atoms. The van der Waals surface area contributed by atoms with E-state index in [-0.39, 0.29) is 11.4 Å². The molecule has 3 aromatic rings. The monoisotopic (exact) mass is 349 g/mol. The van der Waals surface area contributed by atoms with Crippen molar-refractivity contribution in [1.29, 1.82) is 0 Å². The van der Waals surface area contributed by atoms with E-state index in [1.165, 1.54) is 18.2 Å². The van der Waals surface area contributed by atoms with E-state index in [0.717, 1.165) is 0 Å². The molecule has 0 atom stereocenters. The van der Waals surface area contributed by atoms with Crippen LogP contribution >= 0.6 is 0 Å². The molecule has 0 unspecified atom stereocenters. The van der Waals surface area contributed by atoms with Gasteiger partial charge in [-0.1, -0.05) is 0 Å². The van der Waals surface area contributed by atoms with E-state index in [9.17, 15) is 13.2 Å². The largest absolute Gasteiger partial charge is 0.417 e. The van der Waals surface area contributed by atoms with Crippen molar-refractivity contribution in [2.75, 3.05) is 19.0 Å². The Hall–Kier alpha value is -2.72. The van der Waals surface area contributed by atoms with Gasteiger partial charge in [0.25, 0.3) is 0 Å². The van der Waals surface area contributed by atoms with Crippen molar-refractivity contribution in [3.05, 3.63) is 46.8 Å². The summed E-state index contributed by atoms with van der Waals surface area (Å²) in [6, 6.07) is 5.84. The molecule has 9 nitrogen and oxygen atoms in total. The summed E-state index contributed by atoms with van der Waals surface area (Å²) < 4.78 is 32.0. The Labute approximate surface area is 137 Å². The van der Waals surface area contributed by atoms with Gasteiger partial charge in [-0.25, -0.2) is 27.9 Å². The van der Waals surface area contributed by atoms with Gasteiger partial charge < -0.3 is 9.32 Å². The number of sulfonamides is 1. The number of oxazole rings is 1. The number of aromatic nitrogens is 3. The van der Waals surface area contributed by atoms with Crippen LogP contribution in [0.3, 0.4) is 0 Å². The highest BCUT2D eigenvalue weighted by atomic mass is 32.2. The minimum atomic E-state index is -3.78. The fraction of sp³-hybridized carbons (Fsp3) is 0.214. The lowest BCUT2D eigenvalue weighted by molar-refractivity contribution is 0.555. The highest BCUT2D eigenvalue weighted by Gasteiger charge is 2.16. The van der Waals surface area contributed by atoms with Crippen molar-refractivity contribution in [3.63, 3.8) is 0 Å².